The molecule has 2 aromatic rings. The molecule has 1 aromatic heterocycles. The van der Waals surface area contributed by atoms with Crippen molar-refractivity contribution >= 4 is 15.8 Å². The van der Waals surface area contributed by atoms with Gasteiger partial charge in [0.2, 0.25) is 15.9 Å². The highest BCUT2D eigenvalue weighted by Crippen LogP contribution is 2.26. The molecule has 1 fully saturated rings. The fourth-order valence-corrected chi connectivity index (χ4v) is 4.10. The van der Waals surface area contributed by atoms with Crippen molar-refractivity contribution in [1.29, 1.82) is 0 Å². The second-order valence-electron chi connectivity index (χ2n) is 7.98. The highest BCUT2D eigenvalue weighted by molar-refractivity contribution is 7.90. The molecule has 1 aliphatic rings. The summed E-state index contributed by atoms with van der Waals surface area (Å²) in [4.78, 5) is 0. The number of rotatable bonds is 8. The minimum atomic E-state index is -3.18. The third-order valence-electron chi connectivity index (χ3n) is 5.28. The van der Waals surface area contributed by atoms with Crippen molar-refractivity contribution in [3.8, 4) is 11.6 Å². The summed E-state index contributed by atoms with van der Waals surface area (Å²) in [5.41, 5.74) is 1.18. The highest BCUT2D eigenvalue weighted by atomic mass is 32.2. The zero-order valence-electron chi connectivity index (χ0n) is 17.3. The van der Waals surface area contributed by atoms with Gasteiger partial charge in [-0.05, 0) is 70.6 Å². The highest BCUT2D eigenvalue weighted by Gasteiger charge is 2.24. The van der Waals surface area contributed by atoms with Crippen molar-refractivity contribution in [3.63, 3.8) is 0 Å². The molecule has 3 rings (SSSR count). The van der Waals surface area contributed by atoms with Crippen LogP contribution in [0.3, 0.4) is 0 Å². The number of aryl methyl sites for hydroxylation is 1. The zero-order valence-corrected chi connectivity index (χ0v) is 18.1. The van der Waals surface area contributed by atoms with Crippen LogP contribution in [0.2, 0.25) is 0 Å². The van der Waals surface area contributed by atoms with Crippen LogP contribution in [0.25, 0.3) is 0 Å². The van der Waals surface area contributed by atoms with Crippen molar-refractivity contribution in [2.75, 3.05) is 11.9 Å². The van der Waals surface area contributed by atoms with Gasteiger partial charge < -0.3 is 10.1 Å². The molecule has 7 nitrogen and oxygen atoms in total. The lowest BCUT2D eigenvalue weighted by atomic mass is 9.86. The van der Waals surface area contributed by atoms with Crippen LogP contribution in [0.5, 0.6) is 11.6 Å². The second-order valence-corrected chi connectivity index (χ2v) is 10.3. The normalized spacial score (nSPS) is 19.9. The van der Waals surface area contributed by atoms with Crippen molar-refractivity contribution in [2.24, 2.45) is 5.92 Å². The summed E-state index contributed by atoms with van der Waals surface area (Å²) >= 11 is 0. The van der Waals surface area contributed by atoms with Crippen LogP contribution in [0.1, 0.15) is 45.1 Å². The smallest absolute Gasteiger partial charge is 0.238 e. The molecule has 2 N–H and O–H groups in total. The summed E-state index contributed by atoms with van der Waals surface area (Å²) in [5, 5.41) is 11.4. The summed E-state index contributed by atoms with van der Waals surface area (Å²) < 4.78 is 32.2. The van der Waals surface area contributed by atoms with Crippen LogP contribution in [-0.4, -0.2) is 36.5 Å². The van der Waals surface area contributed by atoms with E-state index in [0.717, 1.165) is 37.3 Å². The Hall–Kier alpha value is -2.19. The Morgan fingerprint density at radius 2 is 1.72 bits per heavy atom. The maximum absolute atomic E-state index is 11.9. The van der Waals surface area contributed by atoms with E-state index in [0.29, 0.717) is 24.4 Å². The lowest BCUT2D eigenvalue weighted by Crippen LogP contribution is -2.37. The standard InChI is InChI=1S/C21H30N4O3S/c1-15(2)29(26,27)22-14-17-6-8-18(9-7-17)23-20-12-13-21(25-24-20)28-19-10-4-16(3)5-11-19/h4-5,10-13,15,17-18,22H,6-9,14H2,1-3H3,(H,23,24). The zero-order chi connectivity index (χ0) is 20.9. The van der Waals surface area contributed by atoms with Gasteiger partial charge in [-0.25, -0.2) is 13.1 Å². The van der Waals surface area contributed by atoms with Gasteiger partial charge in [0.25, 0.3) is 0 Å². The van der Waals surface area contributed by atoms with Crippen molar-refractivity contribution in [1.82, 2.24) is 14.9 Å². The molecule has 1 saturated carbocycles. The molecule has 0 aliphatic heterocycles. The maximum atomic E-state index is 11.9. The van der Waals surface area contributed by atoms with Crippen molar-refractivity contribution < 1.29 is 13.2 Å². The Morgan fingerprint density at radius 1 is 1.03 bits per heavy atom. The minimum absolute atomic E-state index is 0.325. The molecule has 1 aliphatic carbocycles. The third-order valence-corrected chi connectivity index (χ3v) is 7.09. The molecule has 29 heavy (non-hydrogen) atoms. The summed E-state index contributed by atoms with van der Waals surface area (Å²) in [6.07, 6.45) is 3.94. The first-order valence-corrected chi connectivity index (χ1v) is 11.7. The van der Waals surface area contributed by atoms with Gasteiger partial charge in [-0.2, -0.15) is 0 Å². The SMILES string of the molecule is Cc1ccc(Oc2ccc(NC3CCC(CNS(=O)(=O)C(C)C)CC3)nn2)cc1. The van der Waals surface area contributed by atoms with E-state index in [1.54, 1.807) is 13.8 Å². The molecule has 0 amide bonds. The first kappa shape index (κ1) is 21.5. The van der Waals surface area contributed by atoms with Gasteiger partial charge in [-0.15, -0.1) is 10.2 Å². The fourth-order valence-electron chi connectivity index (χ4n) is 3.30. The number of nitrogens with zero attached hydrogens (tertiary/aromatic N) is 2. The Labute approximate surface area is 173 Å². The predicted octanol–water partition coefficient (Wildman–Crippen LogP) is 3.88. The van der Waals surface area contributed by atoms with Gasteiger partial charge >= 0.3 is 0 Å². The number of benzene rings is 1. The molecular formula is C21H30N4O3S. The van der Waals surface area contributed by atoms with E-state index in [1.807, 2.05) is 43.3 Å². The van der Waals surface area contributed by atoms with Gasteiger partial charge in [-0.3, -0.25) is 0 Å². The van der Waals surface area contributed by atoms with E-state index < -0.39 is 15.3 Å². The van der Waals surface area contributed by atoms with E-state index in [-0.39, 0.29) is 0 Å². The fraction of sp³-hybridized carbons (Fsp3) is 0.524. The summed E-state index contributed by atoms with van der Waals surface area (Å²) in [7, 11) is -3.18. The van der Waals surface area contributed by atoms with Crippen LogP contribution in [0.15, 0.2) is 36.4 Å². The molecule has 1 aromatic carbocycles. The topological polar surface area (TPSA) is 93.2 Å². The molecule has 0 spiro atoms. The van der Waals surface area contributed by atoms with Gasteiger partial charge in [0.15, 0.2) is 0 Å². The molecule has 0 saturated heterocycles. The van der Waals surface area contributed by atoms with E-state index in [1.165, 1.54) is 5.56 Å². The molecule has 0 radical (unpaired) electrons. The van der Waals surface area contributed by atoms with Crippen LogP contribution in [0, 0.1) is 12.8 Å². The molecule has 0 atom stereocenters. The summed E-state index contributed by atoms with van der Waals surface area (Å²) in [5.74, 6) is 2.31. The number of hydrogen-bond donors (Lipinski definition) is 2. The minimum Gasteiger partial charge on any atom is -0.438 e. The summed E-state index contributed by atoms with van der Waals surface area (Å²) in [6.45, 7) is 5.95. The van der Waals surface area contributed by atoms with E-state index in [9.17, 15) is 8.42 Å². The first-order chi connectivity index (χ1) is 13.8. The first-order valence-electron chi connectivity index (χ1n) is 10.1. The van der Waals surface area contributed by atoms with Gasteiger partial charge in [0.05, 0.1) is 5.25 Å². The molecule has 0 unspecified atom stereocenters. The Morgan fingerprint density at radius 3 is 2.31 bits per heavy atom. The van der Waals surface area contributed by atoms with E-state index in [2.05, 4.69) is 20.2 Å². The third kappa shape index (κ3) is 6.40. The Bertz CT molecular complexity index is 875. The van der Waals surface area contributed by atoms with Gasteiger partial charge in [-0.1, -0.05) is 17.7 Å². The van der Waals surface area contributed by atoms with E-state index >= 15 is 0 Å². The number of nitrogens with one attached hydrogen (secondary N) is 2. The van der Waals surface area contributed by atoms with Gasteiger partial charge in [0.1, 0.15) is 11.6 Å². The number of hydrogen-bond acceptors (Lipinski definition) is 6. The summed E-state index contributed by atoms with van der Waals surface area (Å²) in [6, 6.07) is 11.8. The molecule has 0 bridgehead atoms. The molecule has 8 heteroatoms. The van der Waals surface area contributed by atoms with Crippen LogP contribution < -0.4 is 14.8 Å². The molecule has 1 heterocycles. The van der Waals surface area contributed by atoms with Crippen LogP contribution in [0.4, 0.5) is 5.82 Å². The lowest BCUT2D eigenvalue weighted by Gasteiger charge is -2.29. The average Bonchev–Trinajstić information content (AvgIpc) is 2.70. The largest absolute Gasteiger partial charge is 0.438 e. The van der Waals surface area contributed by atoms with Crippen LogP contribution >= 0.6 is 0 Å². The number of aromatic nitrogens is 2. The Balaban J connectivity index is 1.44. The molecular weight excluding hydrogens is 388 g/mol. The number of sulfonamides is 1. The van der Waals surface area contributed by atoms with Crippen molar-refractivity contribution in [2.45, 2.75) is 57.7 Å². The number of anilines is 1. The van der Waals surface area contributed by atoms with Gasteiger partial charge in [0, 0.05) is 18.7 Å². The number of ether oxygens (including phenoxy) is 1. The van der Waals surface area contributed by atoms with Crippen LogP contribution in [-0.2, 0) is 10.0 Å². The van der Waals surface area contributed by atoms with E-state index in [4.69, 9.17) is 4.74 Å². The predicted molar refractivity (Wildman–Crippen MR) is 115 cm³/mol. The Kier molecular flexibility index (Phi) is 7.08. The molecule has 158 valence electrons. The van der Waals surface area contributed by atoms with Crippen molar-refractivity contribution in [3.05, 3.63) is 42.0 Å². The average molecular weight is 419 g/mol. The second kappa shape index (κ2) is 9.54. The maximum Gasteiger partial charge on any atom is 0.238 e. The quantitative estimate of drug-likeness (QED) is 0.676. The lowest BCUT2D eigenvalue weighted by molar-refractivity contribution is 0.336. The monoisotopic (exact) mass is 418 g/mol.